The van der Waals surface area contributed by atoms with Crippen molar-refractivity contribution >= 4 is 5.91 Å². The average molecular weight is 291 g/mol. The van der Waals surface area contributed by atoms with Gasteiger partial charge in [-0.05, 0) is 49.5 Å². The maximum Gasteiger partial charge on any atom is 0.246 e. The highest BCUT2D eigenvalue weighted by Gasteiger charge is 2.28. The van der Waals surface area contributed by atoms with Gasteiger partial charge in [-0.3, -0.25) is 9.69 Å². The Morgan fingerprint density at radius 3 is 2.76 bits per heavy atom. The van der Waals surface area contributed by atoms with Crippen LogP contribution in [0.3, 0.4) is 0 Å². The lowest BCUT2D eigenvalue weighted by Crippen LogP contribution is -2.42. The summed E-state index contributed by atoms with van der Waals surface area (Å²) in [5, 5.41) is 18.7. The van der Waals surface area contributed by atoms with E-state index in [1.54, 1.807) is 6.07 Å². The van der Waals surface area contributed by atoms with Crippen molar-refractivity contribution in [2.45, 2.75) is 25.5 Å². The number of amides is 1. The molecule has 0 spiro atoms. The van der Waals surface area contributed by atoms with E-state index in [1.165, 1.54) is 12.1 Å². The molecule has 0 bridgehead atoms. The summed E-state index contributed by atoms with van der Waals surface area (Å²) in [6.45, 7) is 1.97. The molecule has 1 atom stereocenters. The topological polar surface area (TPSA) is 90.3 Å². The van der Waals surface area contributed by atoms with Crippen LogP contribution in [0.25, 0.3) is 0 Å². The summed E-state index contributed by atoms with van der Waals surface area (Å²) >= 11 is 0. The number of carbonyl (C=O) groups is 1. The molecule has 0 radical (unpaired) electrons. The van der Waals surface area contributed by atoms with Gasteiger partial charge < -0.3 is 10.8 Å². The number of hydrogen-bond acceptors (Lipinski definition) is 4. The van der Waals surface area contributed by atoms with E-state index in [-0.39, 0.29) is 5.92 Å². The van der Waals surface area contributed by atoms with Crippen molar-refractivity contribution in [2.24, 2.45) is 11.7 Å². The molecule has 1 aromatic rings. The smallest absolute Gasteiger partial charge is 0.246 e. The van der Waals surface area contributed by atoms with Crippen molar-refractivity contribution in [3.05, 3.63) is 35.1 Å². The van der Waals surface area contributed by atoms with Crippen LogP contribution in [0.15, 0.2) is 18.2 Å². The Labute approximate surface area is 122 Å². The zero-order valence-electron chi connectivity index (χ0n) is 11.6. The van der Waals surface area contributed by atoms with E-state index in [1.807, 2.05) is 6.07 Å². The van der Waals surface area contributed by atoms with Crippen LogP contribution in [0.5, 0.6) is 0 Å². The van der Waals surface area contributed by atoms with Gasteiger partial charge in [-0.15, -0.1) is 0 Å². The molecule has 112 valence electrons. The van der Waals surface area contributed by atoms with Crippen LogP contribution in [0.4, 0.5) is 4.39 Å². The van der Waals surface area contributed by atoms with E-state index in [0.717, 1.165) is 5.56 Å². The summed E-state index contributed by atoms with van der Waals surface area (Å²) in [7, 11) is 0. The summed E-state index contributed by atoms with van der Waals surface area (Å²) < 4.78 is 13.1. The Kier molecular flexibility index (Phi) is 4.89. The first-order valence-corrected chi connectivity index (χ1v) is 6.89. The lowest BCUT2D eigenvalue weighted by Gasteiger charge is -2.33. The lowest BCUT2D eigenvalue weighted by atomic mass is 9.90. The van der Waals surface area contributed by atoms with Gasteiger partial charge in [0.15, 0.2) is 0 Å². The zero-order valence-corrected chi connectivity index (χ0v) is 11.6. The SMILES string of the molecule is N#Cc1cc(F)ccc1CN1CCC(C(O)C(N)=O)CC1. The number of nitrogens with zero attached hydrogens (tertiary/aromatic N) is 2. The van der Waals surface area contributed by atoms with Crippen LogP contribution in [-0.2, 0) is 11.3 Å². The third-order valence-electron chi connectivity index (χ3n) is 3.96. The molecule has 0 aliphatic carbocycles. The molecule has 1 aromatic carbocycles. The predicted molar refractivity (Wildman–Crippen MR) is 74.3 cm³/mol. The number of aliphatic hydroxyl groups excluding tert-OH is 1. The summed E-state index contributed by atoms with van der Waals surface area (Å²) in [6, 6.07) is 6.21. The number of nitrogens with two attached hydrogens (primary N) is 1. The minimum Gasteiger partial charge on any atom is -0.383 e. The number of aliphatic hydroxyl groups is 1. The number of benzene rings is 1. The quantitative estimate of drug-likeness (QED) is 0.856. The normalized spacial score (nSPS) is 18.1. The van der Waals surface area contributed by atoms with Crippen molar-refractivity contribution in [3.8, 4) is 6.07 Å². The summed E-state index contributed by atoms with van der Waals surface area (Å²) in [4.78, 5) is 13.1. The molecular formula is C15H18FN3O2. The van der Waals surface area contributed by atoms with Gasteiger partial charge in [0.1, 0.15) is 11.9 Å². The van der Waals surface area contributed by atoms with E-state index in [2.05, 4.69) is 4.90 Å². The van der Waals surface area contributed by atoms with Gasteiger partial charge in [-0.25, -0.2) is 4.39 Å². The number of hydrogen-bond donors (Lipinski definition) is 2. The molecule has 1 aliphatic heterocycles. The molecule has 21 heavy (non-hydrogen) atoms. The fourth-order valence-corrected chi connectivity index (χ4v) is 2.69. The Bertz CT molecular complexity index is 563. The number of rotatable bonds is 4. The van der Waals surface area contributed by atoms with Crippen molar-refractivity contribution in [3.63, 3.8) is 0 Å². The molecule has 5 nitrogen and oxygen atoms in total. The van der Waals surface area contributed by atoms with Gasteiger partial charge in [0.25, 0.3) is 0 Å². The van der Waals surface area contributed by atoms with Crippen LogP contribution in [0.2, 0.25) is 0 Å². The van der Waals surface area contributed by atoms with E-state index in [4.69, 9.17) is 11.0 Å². The van der Waals surface area contributed by atoms with Gasteiger partial charge >= 0.3 is 0 Å². The number of piperidine rings is 1. The van der Waals surface area contributed by atoms with Gasteiger partial charge in [0.2, 0.25) is 5.91 Å². The monoisotopic (exact) mass is 291 g/mol. The van der Waals surface area contributed by atoms with Crippen LogP contribution in [-0.4, -0.2) is 35.1 Å². The van der Waals surface area contributed by atoms with Crippen molar-refractivity contribution in [1.82, 2.24) is 4.90 Å². The molecule has 2 rings (SSSR count). The lowest BCUT2D eigenvalue weighted by molar-refractivity contribution is -0.129. The molecule has 0 aromatic heterocycles. The zero-order chi connectivity index (χ0) is 15.4. The summed E-state index contributed by atoms with van der Waals surface area (Å²) in [5.74, 6) is -1.21. The van der Waals surface area contributed by atoms with Gasteiger partial charge in [-0.1, -0.05) is 6.07 Å². The molecule has 1 aliphatic rings. The Hall–Kier alpha value is -1.97. The standard InChI is InChI=1S/C15H18FN3O2/c16-13-2-1-11(12(7-13)8-17)9-19-5-3-10(4-6-19)14(20)15(18)21/h1-2,7,10,14,20H,3-6,9H2,(H2,18,21). The van der Waals surface area contributed by atoms with Gasteiger partial charge in [0, 0.05) is 6.54 Å². The fraction of sp³-hybridized carbons (Fsp3) is 0.467. The summed E-state index contributed by atoms with van der Waals surface area (Å²) in [6.07, 6.45) is 0.257. The molecule has 1 unspecified atom stereocenters. The molecular weight excluding hydrogens is 273 g/mol. The molecule has 3 N–H and O–H groups in total. The predicted octanol–water partition coefficient (Wildman–Crippen LogP) is 0.756. The largest absolute Gasteiger partial charge is 0.383 e. The molecule has 1 fully saturated rings. The second-order valence-corrected chi connectivity index (χ2v) is 5.37. The molecule has 6 heteroatoms. The van der Waals surface area contributed by atoms with Crippen molar-refractivity contribution in [1.29, 1.82) is 5.26 Å². The first-order chi connectivity index (χ1) is 10.0. The van der Waals surface area contributed by atoms with Crippen LogP contribution in [0.1, 0.15) is 24.0 Å². The van der Waals surface area contributed by atoms with Crippen LogP contribution >= 0.6 is 0 Å². The maximum atomic E-state index is 13.1. The number of halogens is 1. The van der Waals surface area contributed by atoms with Gasteiger partial charge in [0.05, 0.1) is 11.6 Å². The third kappa shape index (κ3) is 3.78. The minimum absolute atomic E-state index is 0.109. The highest BCUT2D eigenvalue weighted by molar-refractivity contribution is 5.78. The molecule has 0 saturated carbocycles. The van der Waals surface area contributed by atoms with E-state index in [0.29, 0.717) is 38.0 Å². The van der Waals surface area contributed by atoms with Crippen molar-refractivity contribution in [2.75, 3.05) is 13.1 Å². The molecule has 1 amide bonds. The number of carbonyl (C=O) groups excluding carboxylic acids is 1. The number of nitriles is 1. The number of likely N-dealkylation sites (tertiary alicyclic amines) is 1. The second-order valence-electron chi connectivity index (χ2n) is 5.37. The highest BCUT2D eigenvalue weighted by atomic mass is 19.1. The first-order valence-electron chi connectivity index (χ1n) is 6.89. The van der Waals surface area contributed by atoms with Crippen LogP contribution in [0, 0.1) is 23.1 Å². The van der Waals surface area contributed by atoms with E-state index in [9.17, 15) is 14.3 Å². The Morgan fingerprint density at radius 1 is 1.52 bits per heavy atom. The second kappa shape index (κ2) is 6.66. The van der Waals surface area contributed by atoms with Gasteiger partial charge in [-0.2, -0.15) is 5.26 Å². The Morgan fingerprint density at radius 2 is 2.19 bits per heavy atom. The first kappa shape index (κ1) is 15.4. The maximum absolute atomic E-state index is 13.1. The van der Waals surface area contributed by atoms with E-state index >= 15 is 0 Å². The van der Waals surface area contributed by atoms with E-state index < -0.39 is 17.8 Å². The highest BCUT2D eigenvalue weighted by Crippen LogP contribution is 2.23. The molecule has 1 heterocycles. The van der Waals surface area contributed by atoms with Crippen LogP contribution < -0.4 is 5.73 Å². The third-order valence-corrected chi connectivity index (χ3v) is 3.96. The Balaban J connectivity index is 1.95. The number of primary amides is 1. The fourth-order valence-electron chi connectivity index (χ4n) is 2.69. The molecule has 1 saturated heterocycles. The van der Waals surface area contributed by atoms with Crippen molar-refractivity contribution < 1.29 is 14.3 Å². The minimum atomic E-state index is -1.09. The average Bonchev–Trinajstić information content (AvgIpc) is 2.49. The summed E-state index contributed by atoms with van der Waals surface area (Å²) in [5.41, 5.74) is 6.23.